The molecule has 0 radical (unpaired) electrons. The van der Waals surface area contributed by atoms with E-state index in [0.29, 0.717) is 18.5 Å². The van der Waals surface area contributed by atoms with Gasteiger partial charge in [0.2, 0.25) is 15.9 Å². The van der Waals surface area contributed by atoms with Crippen molar-refractivity contribution >= 4 is 31.5 Å². The predicted octanol–water partition coefficient (Wildman–Crippen LogP) is 1.91. The molecule has 1 heterocycles. The number of sulfonamides is 1. The first-order valence-electron chi connectivity index (χ1n) is 8.77. The van der Waals surface area contributed by atoms with Gasteiger partial charge in [0.05, 0.1) is 9.79 Å². The summed E-state index contributed by atoms with van der Waals surface area (Å²) >= 11 is 0. The highest BCUT2D eigenvalue weighted by molar-refractivity contribution is 7.90. The van der Waals surface area contributed by atoms with Crippen molar-refractivity contribution < 1.29 is 21.6 Å². The van der Waals surface area contributed by atoms with E-state index in [1.807, 2.05) is 0 Å². The van der Waals surface area contributed by atoms with Crippen molar-refractivity contribution in [2.45, 2.75) is 28.7 Å². The zero-order valence-electron chi connectivity index (χ0n) is 15.6. The number of hydrogen-bond donors (Lipinski definition) is 0. The molecular formula is C19H22N2O5S2. The van der Waals surface area contributed by atoms with Crippen molar-refractivity contribution in [1.82, 2.24) is 4.31 Å². The summed E-state index contributed by atoms with van der Waals surface area (Å²) in [7, 11) is -5.54. The van der Waals surface area contributed by atoms with Crippen LogP contribution < -0.4 is 4.90 Å². The first kappa shape index (κ1) is 20.5. The molecule has 0 N–H and O–H groups in total. The third-order valence-electron chi connectivity index (χ3n) is 4.82. The molecule has 28 heavy (non-hydrogen) atoms. The fourth-order valence-corrected chi connectivity index (χ4v) is 5.57. The zero-order valence-corrected chi connectivity index (χ0v) is 17.3. The van der Waals surface area contributed by atoms with Gasteiger partial charge in [0.15, 0.2) is 9.84 Å². The first-order valence-corrected chi connectivity index (χ1v) is 12.1. The average Bonchev–Trinajstić information content (AvgIpc) is 3.17. The molecule has 1 unspecified atom stereocenters. The molecule has 0 bridgehead atoms. The van der Waals surface area contributed by atoms with Gasteiger partial charge in [-0.2, -0.15) is 4.31 Å². The summed E-state index contributed by atoms with van der Waals surface area (Å²) in [5.74, 6) is -0.343. The van der Waals surface area contributed by atoms with Crippen LogP contribution in [0.1, 0.15) is 12.8 Å². The monoisotopic (exact) mass is 422 g/mol. The normalized spacial score (nSPS) is 18.1. The highest BCUT2D eigenvalue weighted by Crippen LogP contribution is 2.28. The Bertz CT molecular complexity index is 1070. The van der Waals surface area contributed by atoms with Crippen molar-refractivity contribution in [2.75, 3.05) is 24.7 Å². The molecule has 9 heteroatoms. The largest absolute Gasteiger partial charge is 0.314 e. The number of sulfone groups is 1. The number of amides is 1. The Morgan fingerprint density at radius 2 is 1.57 bits per heavy atom. The summed E-state index contributed by atoms with van der Waals surface area (Å²) in [4.78, 5) is 14.7. The van der Waals surface area contributed by atoms with Crippen LogP contribution in [0.2, 0.25) is 0 Å². The molecule has 0 aromatic heterocycles. The van der Waals surface area contributed by atoms with Gasteiger partial charge >= 0.3 is 0 Å². The highest BCUT2D eigenvalue weighted by atomic mass is 32.2. The number of benzene rings is 2. The Kier molecular flexibility index (Phi) is 5.60. The lowest BCUT2D eigenvalue weighted by Gasteiger charge is -2.27. The second-order valence-electron chi connectivity index (χ2n) is 6.75. The lowest BCUT2D eigenvalue weighted by atomic mass is 10.2. The summed E-state index contributed by atoms with van der Waals surface area (Å²) in [6.07, 6.45) is 2.15. The quantitative estimate of drug-likeness (QED) is 0.734. The van der Waals surface area contributed by atoms with Gasteiger partial charge in [0.1, 0.15) is 6.04 Å². The maximum atomic E-state index is 13.0. The van der Waals surface area contributed by atoms with E-state index in [4.69, 9.17) is 0 Å². The number of nitrogens with zero attached hydrogens (tertiary/aromatic N) is 2. The van der Waals surface area contributed by atoms with Crippen LogP contribution in [0, 0.1) is 0 Å². The van der Waals surface area contributed by atoms with E-state index in [2.05, 4.69) is 0 Å². The van der Waals surface area contributed by atoms with Crippen molar-refractivity contribution in [1.29, 1.82) is 0 Å². The fraction of sp³-hybridized carbons (Fsp3) is 0.316. The zero-order chi connectivity index (χ0) is 20.5. The minimum atomic E-state index is -3.77. The van der Waals surface area contributed by atoms with Gasteiger partial charge in [0.25, 0.3) is 0 Å². The number of hydrogen-bond acceptors (Lipinski definition) is 5. The van der Waals surface area contributed by atoms with Crippen molar-refractivity contribution in [2.24, 2.45) is 0 Å². The van der Waals surface area contributed by atoms with E-state index in [1.165, 1.54) is 33.5 Å². The molecule has 2 aromatic carbocycles. The standard InChI is InChI=1S/C19H22N2O5S2/c1-20(15-10-12-16(13-11-15)27(2,23)24)19(22)18-9-6-14-21(18)28(25,26)17-7-4-3-5-8-17/h3-5,7-8,10-13,18H,6,9,14H2,1-2H3. The third kappa shape index (κ3) is 3.96. The third-order valence-corrected chi connectivity index (χ3v) is 7.87. The van der Waals surface area contributed by atoms with Crippen LogP contribution in [0.4, 0.5) is 5.69 Å². The van der Waals surface area contributed by atoms with Gasteiger partial charge in [-0.15, -0.1) is 0 Å². The topological polar surface area (TPSA) is 91.8 Å². The first-order chi connectivity index (χ1) is 13.1. The van der Waals surface area contributed by atoms with Gasteiger partial charge in [-0.05, 0) is 49.2 Å². The van der Waals surface area contributed by atoms with Gasteiger partial charge in [-0.1, -0.05) is 18.2 Å². The number of likely N-dealkylation sites (N-methyl/N-ethyl adjacent to an activating group) is 1. The molecule has 1 amide bonds. The van der Waals surface area contributed by atoms with E-state index in [0.717, 1.165) is 6.26 Å². The Balaban J connectivity index is 1.85. The van der Waals surface area contributed by atoms with Crippen LogP contribution in [-0.4, -0.2) is 52.9 Å². The lowest BCUT2D eigenvalue weighted by Crippen LogP contribution is -2.46. The molecule has 2 aromatic rings. The molecule has 1 fully saturated rings. The average molecular weight is 423 g/mol. The van der Waals surface area contributed by atoms with E-state index >= 15 is 0 Å². The second-order valence-corrected chi connectivity index (χ2v) is 10.7. The highest BCUT2D eigenvalue weighted by Gasteiger charge is 2.40. The Morgan fingerprint density at radius 1 is 0.964 bits per heavy atom. The molecule has 1 aliphatic rings. The summed E-state index contributed by atoms with van der Waals surface area (Å²) < 4.78 is 50.3. The summed E-state index contributed by atoms with van der Waals surface area (Å²) in [6, 6.07) is 13.2. The van der Waals surface area contributed by atoms with Gasteiger partial charge in [0, 0.05) is 25.5 Å². The van der Waals surface area contributed by atoms with Gasteiger partial charge in [-0.25, -0.2) is 16.8 Å². The van der Waals surface area contributed by atoms with Crippen LogP contribution in [0.5, 0.6) is 0 Å². The second kappa shape index (κ2) is 7.65. The minimum absolute atomic E-state index is 0.159. The molecule has 3 rings (SSSR count). The molecular weight excluding hydrogens is 400 g/mol. The number of carbonyl (C=O) groups is 1. The fourth-order valence-electron chi connectivity index (χ4n) is 3.27. The van der Waals surface area contributed by atoms with Gasteiger partial charge < -0.3 is 4.90 Å². The molecule has 7 nitrogen and oxygen atoms in total. The SMILES string of the molecule is CN(C(=O)C1CCCN1S(=O)(=O)c1ccccc1)c1ccc(S(C)(=O)=O)cc1. The minimum Gasteiger partial charge on any atom is -0.314 e. The van der Waals surface area contributed by atoms with Crippen LogP contribution in [0.3, 0.4) is 0 Å². The summed E-state index contributed by atoms with van der Waals surface area (Å²) in [5.41, 5.74) is 0.501. The Labute approximate surface area is 165 Å². The molecule has 1 saturated heterocycles. The molecule has 150 valence electrons. The molecule has 0 aliphatic carbocycles. The maximum Gasteiger partial charge on any atom is 0.245 e. The van der Waals surface area contributed by atoms with E-state index in [9.17, 15) is 21.6 Å². The Morgan fingerprint density at radius 3 is 2.14 bits per heavy atom. The van der Waals surface area contributed by atoms with Crippen molar-refractivity contribution in [3.8, 4) is 0 Å². The Hall–Kier alpha value is -2.23. The van der Waals surface area contributed by atoms with Crippen molar-refractivity contribution in [3.63, 3.8) is 0 Å². The van der Waals surface area contributed by atoms with E-state index in [1.54, 1.807) is 37.4 Å². The van der Waals surface area contributed by atoms with Crippen LogP contribution >= 0.6 is 0 Å². The van der Waals surface area contributed by atoms with E-state index < -0.39 is 25.9 Å². The lowest BCUT2D eigenvalue weighted by molar-refractivity contribution is -0.121. The van der Waals surface area contributed by atoms with Crippen LogP contribution in [0.25, 0.3) is 0 Å². The molecule has 1 atom stereocenters. The molecule has 0 saturated carbocycles. The smallest absolute Gasteiger partial charge is 0.245 e. The van der Waals surface area contributed by atoms with Crippen molar-refractivity contribution in [3.05, 3.63) is 54.6 Å². The maximum absolute atomic E-state index is 13.0. The molecule has 1 aliphatic heterocycles. The van der Waals surface area contributed by atoms with Crippen LogP contribution in [0.15, 0.2) is 64.4 Å². The molecule has 0 spiro atoms. The van der Waals surface area contributed by atoms with Crippen LogP contribution in [-0.2, 0) is 24.7 Å². The predicted molar refractivity (Wildman–Crippen MR) is 106 cm³/mol. The number of carbonyl (C=O) groups excluding carboxylic acids is 1. The van der Waals surface area contributed by atoms with Gasteiger partial charge in [-0.3, -0.25) is 4.79 Å². The number of anilines is 1. The number of rotatable bonds is 5. The summed E-state index contributed by atoms with van der Waals surface area (Å²) in [6.45, 7) is 0.286. The summed E-state index contributed by atoms with van der Waals surface area (Å²) in [5, 5.41) is 0. The van der Waals surface area contributed by atoms with E-state index in [-0.39, 0.29) is 22.2 Å².